The second-order valence-electron chi connectivity index (χ2n) is 15.5. The zero-order valence-corrected chi connectivity index (χ0v) is 32.8. The summed E-state index contributed by atoms with van der Waals surface area (Å²) in [5, 5.41) is 2.20. The number of aryl methyl sites for hydroxylation is 1. The van der Waals surface area contributed by atoms with Gasteiger partial charge in [0.15, 0.2) is 19.7 Å². The van der Waals surface area contributed by atoms with Crippen molar-refractivity contribution in [1.82, 2.24) is 19.4 Å². The van der Waals surface area contributed by atoms with Crippen LogP contribution in [0.3, 0.4) is 0 Å². The first-order valence-corrected chi connectivity index (χ1v) is 22.5. The molecule has 54 heavy (non-hydrogen) atoms. The second kappa shape index (κ2) is 15.1. The maximum Gasteiger partial charge on any atom is 0.180 e. The van der Waals surface area contributed by atoms with Crippen molar-refractivity contribution in [3.8, 4) is 0 Å². The topological polar surface area (TPSA) is 95.5 Å². The first-order chi connectivity index (χ1) is 26.1. The van der Waals surface area contributed by atoms with Crippen molar-refractivity contribution in [1.29, 1.82) is 0 Å². The summed E-state index contributed by atoms with van der Waals surface area (Å²) in [4.78, 5) is 8.99. The van der Waals surface area contributed by atoms with E-state index in [9.17, 15) is 16.8 Å². The predicted octanol–water partition coefficient (Wildman–Crippen LogP) is 7.48. The van der Waals surface area contributed by atoms with Crippen LogP contribution in [0.1, 0.15) is 54.0 Å². The normalized spacial score (nSPS) is 19.3. The van der Waals surface area contributed by atoms with Crippen LogP contribution in [0.15, 0.2) is 119 Å². The lowest BCUT2D eigenvalue weighted by atomic mass is 10.00. The van der Waals surface area contributed by atoms with Gasteiger partial charge in [-0.2, -0.15) is 0 Å². The van der Waals surface area contributed by atoms with E-state index in [2.05, 4.69) is 76.2 Å². The number of nitrogens with one attached hydrogen (secondary N) is 1. The Morgan fingerprint density at radius 3 is 1.96 bits per heavy atom. The minimum atomic E-state index is -3.69. The zero-order chi connectivity index (χ0) is 37.5. The second-order valence-corrected chi connectivity index (χ2v) is 19.6. The number of nitrogens with zero attached hydrogens (tertiary/aromatic N) is 3. The number of aromatic amines is 1. The highest BCUT2D eigenvalue weighted by atomic mass is 32.2. The molecule has 0 spiro atoms. The lowest BCUT2D eigenvalue weighted by Gasteiger charge is -2.22. The van der Waals surface area contributed by atoms with E-state index in [0.717, 1.165) is 77.3 Å². The third-order valence-corrected chi connectivity index (χ3v) is 15.5. The number of likely N-dealkylation sites (tertiary alicyclic amines) is 2. The Balaban J connectivity index is 1.22. The number of fused-ring (bicyclic) bond motifs is 2. The summed E-state index contributed by atoms with van der Waals surface area (Å²) < 4.78 is 57.2. The largest absolute Gasteiger partial charge is 0.361 e. The van der Waals surface area contributed by atoms with Crippen molar-refractivity contribution in [2.75, 3.05) is 38.7 Å². The molecule has 6 aromatic rings. The quantitative estimate of drug-likeness (QED) is 0.131. The van der Waals surface area contributed by atoms with Crippen molar-refractivity contribution in [2.24, 2.45) is 0 Å². The molecular weight excluding hydrogens is 713 g/mol. The van der Waals surface area contributed by atoms with Gasteiger partial charge in [0.25, 0.3) is 0 Å². The number of sulfone groups is 2. The molecule has 8 rings (SSSR count). The molecule has 2 aliphatic rings. The van der Waals surface area contributed by atoms with Crippen molar-refractivity contribution in [3.05, 3.63) is 132 Å². The molecule has 0 saturated carbocycles. The van der Waals surface area contributed by atoms with Gasteiger partial charge >= 0.3 is 0 Å². The van der Waals surface area contributed by atoms with Crippen molar-refractivity contribution >= 4 is 41.5 Å². The fraction of sp³-hybridized carbons (Fsp3) is 0.364. The lowest BCUT2D eigenvalue weighted by molar-refractivity contribution is 0.309. The fourth-order valence-electron chi connectivity index (χ4n) is 8.77. The molecule has 0 unspecified atom stereocenters. The number of rotatable bonds is 13. The summed E-state index contributed by atoms with van der Waals surface area (Å²) >= 11 is 0. The number of hydrogen-bond acceptors (Lipinski definition) is 6. The zero-order valence-electron chi connectivity index (χ0n) is 31.2. The first kappa shape index (κ1) is 36.7. The highest BCUT2D eigenvalue weighted by Gasteiger charge is 2.29. The molecule has 0 aliphatic carbocycles. The highest BCUT2D eigenvalue weighted by Crippen LogP contribution is 2.36. The van der Waals surface area contributed by atoms with Crippen molar-refractivity contribution in [3.63, 3.8) is 0 Å². The van der Waals surface area contributed by atoms with Gasteiger partial charge in [0.1, 0.15) is 0 Å². The number of aromatic nitrogens is 2. The molecule has 1 N–H and O–H groups in total. The van der Waals surface area contributed by atoms with Crippen LogP contribution < -0.4 is 0 Å². The first-order valence-electron chi connectivity index (χ1n) is 19.2. The molecule has 4 heterocycles. The van der Waals surface area contributed by atoms with Gasteiger partial charge in [-0.25, -0.2) is 16.8 Å². The molecule has 282 valence electrons. The van der Waals surface area contributed by atoms with Crippen LogP contribution >= 0.6 is 0 Å². The summed E-state index contributed by atoms with van der Waals surface area (Å²) in [6.45, 7) is 2.17. The molecule has 3 atom stereocenters. The van der Waals surface area contributed by atoms with Crippen LogP contribution in [-0.2, 0) is 38.9 Å². The smallest absolute Gasteiger partial charge is 0.180 e. The maximum atomic E-state index is 14.3. The molecule has 2 saturated heterocycles. The van der Waals surface area contributed by atoms with E-state index in [4.69, 9.17) is 0 Å². The SMILES string of the molecule is CN1CCC[C@@H]1Cc1c[nH]c2ccc([C@H](CS(=O)(=O)c3ccccc3)n3cc(C[C@H]4CCCN4C)c4cc(CCS(=O)(=O)c5ccccc5)ccc43)cc12. The van der Waals surface area contributed by atoms with Gasteiger partial charge in [-0.1, -0.05) is 48.5 Å². The third-order valence-electron chi connectivity index (χ3n) is 12.0. The molecule has 8 nitrogen and oxygen atoms in total. The molecule has 0 amide bonds. The van der Waals surface area contributed by atoms with E-state index in [0.29, 0.717) is 28.3 Å². The number of H-pyrrole nitrogens is 1. The Morgan fingerprint density at radius 1 is 0.704 bits per heavy atom. The fourth-order valence-corrected chi connectivity index (χ4v) is 11.6. The monoisotopic (exact) mass is 762 g/mol. The Bertz CT molecular complexity index is 2480. The Morgan fingerprint density at radius 2 is 1.33 bits per heavy atom. The van der Waals surface area contributed by atoms with E-state index in [1.807, 2.05) is 18.2 Å². The Labute approximate surface area is 319 Å². The highest BCUT2D eigenvalue weighted by molar-refractivity contribution is 7.91. The van der Waals surface area contributed by atoms with Crippen LogP contribution in [0.5, 0.6) is 0 Å². The van der Waals surface area contributed by atoms with E-state index in [-0.39, 0.29) is 11.5 Å². The Hall–Kier alpha value is -4.22. The predicted molar refractivity (Wildman–Crippen MR) is 218 cm³/mol. The summed E-state index contributed by atoms with van der Waals surface area (Å²) in [5.41, 5.74) is 6.32. The van der Waals surface area contributed by atoms with E-state index < -0.39 is 25.7 Å². The van der Waals surface area contributed by atoms with Crippen LogP contribution in [-0.4, -0.2) is 87.0 Å². The molecular formula is C44H50N4O4S2. The Kier molecular flexibility index (Phi) is 10.3. The van der Waals surface area contributed by atoms with E-state index >= 15 is 0 Å². The minimum absolute atomic E-state index is 0.0114. The van der Waals surface area contributed by atoms with Gasteiger partial charge in [-0.3, -0.25) is 0 Å². The average molecular weight is 763 g/mol. The van der Waals surface area contributed by atoms with Gasteiger partial charge in [-0.05, 0) is 143 Å². The molecule has 10 heteroatoms. The number of benzene rings is 4. The van der Waals surface area contributed by atoms with E-state index in [1.54, 1.807) is 48.5 Å². The van der Waals surface area contributed by atoms with Gasteiger partial charge < -0.3 is 19.4 Å². The summed E-state index contributed by atoms with van der Waals surface area (Å²) in [5.74, 6) is -0.0885. The lowest BCUT2D eigenvalue weighted by Crippen LogP contribution is -2.26. The van der Waals surface area contributed by atoms with Gasteiger partial charge in [0.05, 0.1) is 27.3 Å². The van der Waals surface area contributed by atoms with Gasteiger partial charge in [0.2, 0.25) is 0 Å². The molecule has 4 aromatic carbocycles. The van der Waals surface area contributed by atoms with Gasteiger partial charge in [-0.15, -0.1) is 0 Å². The number of likely N-dealkylation sites (N-methyl/N-ethyl adjacent to an activating group) is 2. The summed E-state index contributed by atoms with van der Waals surface area (Å²) in [6, 6.07) is 30.4. The summed E-state index contributed by atoms with van der Waals surface area (Å²) in [7, 11) is -2.76. The third kappa shape index (κ3) is 7.54. The maximum absolute atomic E-state index is 14.3. The van der Waals surface area contributed by atoms with Crippen LogP contribution in [0.2, 0.25) is 0 Å². The molecule has 0 radical (unpaired) electrons. The van der Waals surface area contributed by atoms with Gasteiger partial charge in [0, 0.05) is 46.3 Å². The van der Waals surface area contributed by atoms with Crippen LogP contribution in [0, 0.1) is 0 Å². The summed E-state index contributed by atoms with van der Waals surface area (Å²) in [6.07, 6.45) is 11.1. The van der Waals surface area contributed by atoms with Crippen LogP contribution in [0.25, 0.3) is 21.8 Å². The van der Waals surface area contributed by atoms with Crippen molar-refractivity contribution < 1.29 is 16.8 Å². The van der Waals surface area contributed by atoms with Crippen molar-refractivity contribution in [2.45, 2.75) is 72.9 Å². The van der Waals surface area contributed by atoms with Crippen LogP contribution in [0.4, 0.5) is 0 Å². The minimum Gasteiger partial charge on any atom is -0.361 e. The standard InChI is InChI=1S/C44H50N4O4S2/c1-46-22-9-11-36(46)26-34-29-45-42-19-18-33(28-40(34)42)44(31-54(51,52)39-15-7-4-8-16-39)48-30-35(27-37-12-10-23-47(37)2)41-25-32(17-20-43(41)48)21-24-53(49,50)38-13-5-3-6-14-38/h3-8,13-20,25,28-30,36-37,44-45H,9-12,21-24,26-27,31H2,1-2H3/t36-,37-,44+/m1/s1. The molecule has 0 bridgehead atoms. The van der Waals surface area contributed by atoms with E-state index in [1.165, 1.54) is 18.4 Å². The number of hydrogen-bond donors (Lipinski definition) is 1. The molecule has 2 fully saturated rings. The molecule has 2 aliphatic heterocycles. The average Bonchev–Trinajstić information content (AvgIpc) is 3.98. The molecule has 2 aromatic heterocycles.